The molecule has 12 heavy (non-hydrogen) atoms. The van der Waals surface area contributed by atoms with E-state index >= 15 is 0 Å². The largest absolute Gasteiger partial charge is 0.618 e. The van der Waals surface area contributed by atoms with Crippen LogP contribution in [-0.4, -0.2) is 5.11 Å². The van der Waals surface area contributed by atoms with Crippen molar-refractivity contribution in [1.29, 1.82) is 0 Å². The van der Waals surface area contributed by atoms with Gasteiger partial charge in [-0.05, 0) is 25.3 Å². The van der Waals surface area contributed by atoms with Crippen LogP contribution < -0.4 is 4.73 Å². The molecule has 1 aliphatic carbocycles. The second kappa shape index (κ2) is 2.75. The van der Waals surface area contributed by atoms with Crippen LogP contribution in [0.2, 0.25) is 0 Å². The maximum atomic E-state index is 11.2. The average molecular weight is 165 g/mol. The van der Waals surface area contributed by atoms with Crippen LogP contribution in [0.1, 0.15) is 30.2 Å². The summed E-state index contributed by atoms with van der Waals surface area (Å²) in [4.78, 5) is 0. The summed E-state index contributed by atoms with van der Waals surface area (Å²) in [5.74, 6) is 0. The Kier molecular flexibility index (Phi) is 1.73. The lowest BCUT2D eigenvalue weighted by atomic mass is 9.94. The molecule has 3 nitrogen and oxygen atoms in total. The molecule has 0 bridgehead atoms. The zero-order chi connectivity index (χ0) is 8.55. The van der Waals surface area contributed by atoms with E-state index in [2.05, 4.69) is 0 Å². The summed E-state index contributed by atoms with van der Waals surface area (Å²) in [5.41, 5.74) is 1.54. The Balaban J connectivity index is 2.53. The lowest BCUT2D eigenvalue weighted by Crippen LogP contribution is -2.36. The van der Waals surface area contributed by atoms with Gasteiger partial charge in [-0.15, -0.1) is 0 Å². The van der Waals surface area contributed by atoms with Crippen LogP contribution in [0.25, 0.3) is 0 Å². The van der Waals surface area contributed by atoms with E-state index in [9.17, 15) is 10.3 Å². The van der Waals surface area contributed by atoms with Crippen molar-refractivity contribution >= 4 is 0 Å². The summed E-state index contributed by atoms with van der Waals surface area (Å²) in [7, 11) is 0. The molecule has 64 valence electrons. The maximum Gasteiger partial charge on any atom is 0.224 e. The van der Waals surface area contributed by atoms with E-state index in [0.717, 1.165) is 23.1 Å². The maximum absolute atomic E-state index is 11.2. The van der Waals surface area contributed by atoms with Gasteiger partial charge in [0.05, 0.1) is 0 Å². The molecule has 1 atom stereocenters. The SMILES string of the molecule is [O-][n+]1cccc2c1C(O)CCC2. The first kappa shape index (κ1) is 7.55. The number of nitrogens with zero attached hydrogens (tertiary/aromatic N) is 1. The molecule has 1 N–H and O–H groups in total. The molecule has 1 aliphatic rings. The van der Waals surface area contributed by atoms with Crippen molar-refractivity contribution in [3.63, 3.8) is 0 Å². The van der Waals surface area contributed by atoms with Crippen molar-refractivity contribution < 1.29 is 9.84 Å². The number of pyridine rings is 1. The third-order valence-corrected chi connectivity index (χ3v) is 2.32. The van der Waals surface area contributed by atoms with Crippen LogP contribution >= 0.6 is 0 Å². The molecular weight excluding hydrogens is 154 g/mol. The van der Waals surface area contributed by atoms with Gasteiger partial charge in [0.1, 0.15) is 6.10 Å². The number of aliphatic hydroxyl groups excluding tert-OH is 1. The van der Waals surface area contributed by atoms with Crippen LogP contribution in [0, 0.1) is 5.21 Å². The van der Waals surface area contributed by atoms with Crippen LogP contribution in [0.3, 0.4) is 0 Å². The van der Waals surface area contributed by atoms with E-state index in [1.165, 1.54) is 6.20 Å². The van der Waals surface area contributed by atoms with Crippen LogP contribution in [0.4, 0.5) is 0 Å². The average Bonchev–Trinajstić information content (AvgIpc) is 2.04. The summed E-state index contributed by atoms with van der Waals surface area (Å²) >= 11 is 0. The summed E-state index contributed by atoms with van der Waals surface area (Å²) in [6.07, 6.45) is 3.47. The Morgan fingerprint density at radius 3 is 3.17 bits per heavy atom. The second-order valence-corrected chi connectivity index (χ2v) is 3.15. The van der Waals surface area contributed by atoms with Gasteiger partial charge < -0.3 is 10.3 Å². The van der Waals surface area contributed by atoms with Gasteiger partial charge >= 0.3 is 0 Å². The van der Waals surface area contributed by atoms with Gasteiger partial charge in [0, 0.05) is 11.6 Å². The van der Waals surface area contributed by atoms with Crippen LogP contribution in [-0.2, 0) is 6.42 Å². The molecule has 1 aromatic heterocycles. The molecule has 2 rings (SSSR count). The van der Waals surface area contributed by atoms with E-state index in [0.29, 0.717) is 12.1 Å². The zero-order valence-corrected chi connectivity index (χ0v) is 6.73. The predicted molar refractivity (Wildman–Crippen MR) is 43.3 cm³/mol. The summed E-state index contributed by atoms with van der Waals surface area (Å²) in [6, 6.07) is 3.63. The molecule has 0 saturated heterocycles. The Bertz CT molecular complexity index is 299. The van der Waals surface area contributed by atoms with Gasteiger partial charge in [0.15, 0.2) is 6.20 Å². The van der Waals surface area contributed by atoms with E-state index in [4.69, 9.17) is 0 Å². The number of hydrogen-bond donors (Lipinski definition) is 1. The first-order chi connectivity index (χ1) is 5.79. The molecule has 0 spiro atoms. The van der Waals surface area contributed by atoms with Gasteiger partial charge in [-0.2, -0.15) is 4.73 Å². The van der Waals surface area contributed by atoms with Gasteiger partial charge in [-0.25, -0.2) is 0 Å². The van der Waals surface area contributed by atoms with E-state index in [1.54, 1.807) is 6.07 Å². The van der Waals surface area contributed by atoms with Crippen molar-refractivity contribution in [2.75, 3.05) is 0 Å². The highest BCUT2D eigenvalue weighted by Gasteiger charge is 2.25. The van der Waals surface area contributed by atoms with E-state index in [1.807, 2.05) is 6.07 Å². The fourth-order valence-electron chi connectivity index (χ4n) is 1.74. The smallest absolute Gasteiger partial charge is 0.224 e. The summed E-state index contributed by atoms with van der Waals surface area (Å²) < 4.78 is 0.777. The number of hydrogen-bond acceptors (Lipinski definition) is 2. The highest BCUT2D eigenvalue weighted by atomic mass is 16.5. The zero-order valence-electron chi connectivity index (χ0n) is 6.73. The molecule has 0 radical (unpaired) electrons. The number of rotatable bonds is 0. The van der Waals surface area contributed by atoms with Crippen LogP contribution in [0.15, 0.2) is 18.3 Å². The number of aromatic nitrogens is 1. The highest BCUT2D eigenvalue weighted by molar-refractivity contribution is 5.20. The quantitative estimate of drug-likeness (QED) is 0.454. The Morgan fingerprint density at radius 2 is 2.42 bits per heavy atom. The van der Waals surface area contributed by atoms with Crippen molar-refractivity contribution in [3.8, 4) is 0 Å². The van der Waals surface area contributed by atoms with Crippen molar-refractivity contribution in [2.45, 2.75) is 25.4 Å². The first-order valence-corrected chi connectivity index (χ1v) is 4.18. The monoisotopic (exact) mass is 165 g/mol. The molecular formula is C9H11NO2. The highest BCUT2D eigenvalue weighted by Crippen LogP contribution is 2.25. The van der Waals surface area contributed by atoms with Crippen LogP contribution in [0.5, 0.6) is 0 Å². The minimum Gasteiger partial charge on any atom is -0.618 e. The minimum atomic E-state index is -0.563. The number of aryl methyl sites for hydroxylation is 1. The molecule has 0 fully saturated rings. The normalized spacial score (nSPS) is 21.9. The van der Waals surface area contributed by atoms with Gasteiger partial charge in [-0.3, -0.25) is 0 Å². The number of fused-ring (bicyclic) bond motifs is 1. The molecule has 0 aliphatic heterocycles. The minimum absolute atomic E-state index is 0.545. The fraction of sp³-hybridized carbons (Fsp3) is 0.444. The Morgan fingerprint density at radius 1 is 1.58 bits per heavy atom. The standard InChI is InChI=1S/C9H11NO2/c11-8-5-1-3-7-4-2-6-10(12)9(7)8/h2,4,6,8,11H,1,3,5H2. The first-order valence-electron chi connectivity index (χ1n) is 4.18. The van der Waals surface area contributed by atoms with Crippen molar-refractivity contribution in [2.24, 2.45) is 0 Å². The van der Waals surface area contributed by atoms with Gasteiger partial charge in [0.2, 0.25) is 5.69 Å². The van der Waals surface area contributed by atoms with Crippen molar-refractivity contribution in [3.05, 3.63) is 34.8 Å². The van der Waals surface area contributed by atoms with E-state index < -0.39 is 6.10 Å². The number of aliphatic hydroxyl groups is 1. The Labute approximate surface area is 70.9 Å². The predicted octanol–water partition coefficient (Wildman–Crippen LogP) is 0.690. The molecule has 1 unspecified atom stereocenters. The van der Waals surface area contributed by atoms with Gasteiger partial charge in [-0.1, -0.05) is 0 Å². The van der Waals surface area contributed by atoms with E-state index in [-0.39, 0.29) is 0 Å². The molecule has 0 aromatic carbocycles. The lowest BCUT2D eigenvalue weighted by Gasteiger charge is -2.18. The molecule has 0 amide bonds. The second-order valence-electron chi connectivity index (χ2n) is 3.15. The molecule has 1 aromatic rings. The molecule has 1 heterocycles. The summed E-state index contributed by atoms with van der Waals surface area (Å²) in [6.45, 7) is 0. The molecule has 0 saturated carbocycles. The van der Waals surface area contributed by atoms with Crippen molar-refractivity contribution in [1.82, 2.24) is 0 Å². The fourth-order valence-corrected chi connectivity index (χ4v) is 1.74. The Hall–Kier alpha value is -1.09. The molecule has 3 heteroatoms. The van der Waals surface area contributed by atoms with Gasteiger partial charge in [0.25, 0.3) is 0 Å². The third-order valence-electron chi connectivity index (χ3n) is 2.32. The summed E-state index contributed by atoms with van der Waals surface area (Å²) in [5, 5.41) is 20.8. The topological polar surface area (TPSA) is 47.2 Å². The third kappa shape index (κ3) is 1.06. The lowest BCUT2D eigenvalue weighted by molar-refractivity contribution is -0.619.